The van der Waals surface area contributed by atoms with E-state index in [2.05, 4.69) is 15.9 Å². The molecule has 0 fully saturated rings. The predicted molar refractivity (Wildman–Crippen MR) is 60.1 cm³/mol. The van der Waals surface area contributed by atoms with Crippen molar-refractivity contribution in [2.75, 3.05) is 13.7 Å². The normalized spacial score (nSPS) is 15.0. The molecule has 0 heterocycles. The molecular weight excluding hydrogens is 263 g/mol. The molecule has 0 aliphatic carbocycles. The minimum Gasteiger partial charge on any atom is -0.388 e. The molecule has 0 bridgehead atoms. The van der Waals surface area contributed by atoms with Gasteiger partial charge in [0.2, 0.25) is 0 Å². The van der Waals surface area contributed by atoms with Gasteiger partial charge >= 0.3 is 0 Å². The van der Waals surface area contributed by atoms with E-state index in [1.807, 2.05) is 6.92 Å². The minimum absolute atomic E-state index is 0.140. The second-order valence-electron chi connectivity index (χ2n) is 3.54. The number of rotatable bonds is 4. The average molecular weight is 277 g/mol. The molecule has 0 radical (unpaired) electrons. The molecule has 84 valence electrons. The molecule has 15 heavy (non-hydrogen) atoms. The van der Waals surface area contributed by atoms with Crippen molar-refractivity contribution in [3.8, 4) is 0 Å². The lowest BCUT2D eigenvalue weighted by molar-refractivity contribution is 0.0545. The Labute approximate surface area is 97.2 Å². The van der Waals surface area contributed by atoms with Crippen LogP contribution >= 0.6 is 15.9 Å². The summed E-state index contributed by atoms with van der Waals surface area (Å²) in [5.41, 5.74) is 0.300. The molecule has 0 saturated carbocycles. The molecule has 2 nitrogen and oxygen atoms in total. The number of hydrogen-bond acceptors (Lipinski definition) is 2. The van der Waals surface area contributed by atoms with Crippen LogP contribution in [0.25, 0.3) is 0 Å². The molecule has 1 aromatic rings. The van der Waals surface area contributed by atoms with E-state index in [1.165, 1.54) is 6.07 Å². The quantitative estimate of drug-likeness (QED) is 0.917. The molecule has 0 aliphatic rings. The molecule has 4 heteroatoms. The average Bonchev–Trinajstić information content (AvgIpc) is 2.21. The molecule has 1 aromatic carbocycles. The Morgan fingerprint density at radius 3 is 2.80 bits per heavy atom. The summed E-state index contributed by atoms with van der Waals surface area (Å²) in [5.74, 6) is -0.535. The van der Waals surface area contributed by atoms with Gasteiger partial charge in [0, 0.05) is 23.1 Å². The topological polar surface area (TPSA) is 29.5 Å². The molecule has 0 spiro atoms. The Balaban J connectivity index is 2.89. The van der Waals surface area contributed by atoms with Crippen molar-refractivity contribution in [3.05, 3.63) is 34.1 Å². The van der Waals surface area contributed by atoms with Crippen LogP contribution in [0.5, 0.6) is 0 Å². The zero-order valence-corrected chi connectivity index (χ0v) is 10.3. The fourth-order valence-electron chi connectivity index (χ4n) is 1.40. The summed E-state index contributed by atoms with van der Waals surface area (Å²) in [6, 6.07) is 4.53. The van der Waals surface area contributed by atoms with Crippen molar-refractivity contribution in [1.82, 2.24) is 0 Å². The number of aliphatic hydroxyl groups excluding tert-OH is 1. The fourth-order valence-corrected chi connectivity index (χ4v) is 1.78. The van der Waals surface area contributed by atoms with Crippen LogP contribution in [0.1, 0.15) is 18.6 Å². The monoisotopic (exact) mass is 276 g/mol. The van der Waals surface area contributed by atoms with E-state index in [0.29, 0.717) is 12.2 Å². The second kappa shape index (κ2) is 5.58. The van der Waals surface area contributed by atoms with Crippen LogP contribution in [0.15, 0.2) is 22.7 Å². The maximum atomic E-state index is 13.4. The first-order valence-electron chi connectivity index (χ1n) is 4.68. The first-order valence-corrected chi connectivity index (χ1v) is 5.47. The van der Waals surface area contributed by atoms with Crippen LogP contribution in [0.2, 0.25) is 0 Å². The van der Waals surface area contributed by atoms with Gasteiger partial charge in [-0.25, -0.2) is 4.39 Å². The van der Waals surface area contributed by atoms with Crippen molar-refractivity contribution >= 4 is 15.9 Å². The highest BCUT2D eigenvalue weighted by Crippen LogP contribution is 2.27. The van der Waals surface area contributed by atoms with E-state index in [-0.39, 0.29) is 5.92 Å². The number of hydrogen-bond donors (Lipinski definition) is 1. The number of ether oxygens (including phenoxy) is 1. The summed E-state index contributed by atoms with van der Waals surface area (Å²) in [6.45, 7) is 2.21. The van der Waals surface area contributed by atoms with Gasteiger partial charge in [-0.1, -0.05) is 22.9 Å². The fraction of sp³-hybridized carbons (Fsp3) is 0.455. The van der Waals surface area contributed by atoms with Crippen LogP contribution in [-0.4, -0.2) is 18.8 Å². The zero-order chi connectivity index (χ0) is 11.4. The first kappa shape index (κ1) is 12.6. The molecule has 0 aliphatic heterocycles. The summed E-state index contributed by atoms with van der Waals surface area (Å²) in [4.78, 5) is 0. The Kier molecular flexibility index (Phi) is 4.70. The molecular formula is C11H14BrFO2. The third-order valence-corrected chi connectivity index (χ3v) is 2.74. The molecule has 0 saturated heterocycles. The van der Waals surface area contributed by atoms with Crippen LogP contribution in [0.4, 0.5) is 4.39 Å². The smallest absolute Gasteiger partial charge is 0.129 e. The molecule has 1 rings (SSSR count). The third-order valence-electron chi connectivity index (χ3n) is 2.25. The number of aliphatic hydroxyl groups is 1. The van der Waals surface area contributed by atoms with Gasteiger partial charge in [0.25, 0.3) is 0 Å². The standard InChI is InChI=1S/C11H14BrFO2/c1-7(6-15-2)11(14)9-5-8(12)3-4-10(9)13/h3-5,7,11,14H,6H2,1-2H3. The summed E-state index contributed by atoms with van der Waals surface area (Å²) in [6.07, 6.45) is -0.845. The summed E-state index contributed by atoms with van der Waals surface area (Å²) < 4.78 is 19.1. The van der Waals surface area contributed by atoms with Crippen LogP contribution in [0.3, 0.4) is 0 Å². The van der Waals surface area contributed by atoms with E-state index in [0.717, 1.165) is 4.47 Å². The van der Waals surface area contributed by atoms with Gasteiger partial charge < -0.3 is 9.84 Å². The molecule has 1 N–H and O–H groups in total. The van der Waals surface area contributed by atoms with Crippen molar-refractivity contribution < 1.29 is 14.2 Å². The van der Waals surface area contributed by atoms with Crippen molar-refractivity contribution in [2.45, 2.75) is 13.0 Å². The Morgan fingerprint density at radius 2 is 2.20 bits per heavy atom. The van der Waals surface area contributed by atoms with E-state index in [4.69, 9.17) is 4.74 Å². The first-order chi connectivity index (χ1) is 7.06. The van der Waals surface area contributed by atoms with Gasteiger partial charge in [0.15, 0.2) is 0 Å². The van der Waals surface area contributed by atoms with Crippen molar-refractivity contribution in [2.24, 2.45) is 5.92 Å². The van der Waals surface area contributed by atoms with E-state index >= 15 is 0 Å². The summed E-state index contributed by atoms with van der Waals surface area (Å²) in [7, 11) is 1.56. The molecule has 2 atom stereocenters. The largest absolute Gasteiger partial charge is 0.388 e. The Morgan fingerprint density at radius 1 is 1.53 bits per heavy atom. The van der Waals surface area contributed by atoms with Gasteiger partial charge in [-0.3, -0.25) is 0 Å². The van der Waals surface area contributed by atoms with Crippen molar-refractivity contribution in [3.63, 3.8) is 0 Å². The lowest BCUT2D eigenvalue weighted by Gasteiger charge is -2.19. The highest BCUT2D eigenvalue weighted by atomic mass is 79.9. The van der Waals surface area contributed by atoms with E-state index in [1.54, 1.807) is 19.2 Å². The predicted octanol–water partition coefficient (Wildman–Crippen LogP) is 2.90. The molecule has 2 unspecified atom stereocenters. The lowest BCUT2D eigenvalue weighted by atomic mass is 9.98. The van der Waals surface area contributed by atoms with Gasteiger partial charge in [-0.05, 0) is 18.2 Å². The van der Waals surface area contributed by atoms with Gasteiger partial charge in [0.1, 0.15) is 5.82 Å². The number of methoxy groups -OCH3 is 1. The van der Waals surface area contributed by atoms with E-state index in [9.17, 15) is 9.50 Å². The van der Waals surface area contributed by atoms with Crippen LogP contribution in [-0.2, 0) is 4.74 Å². The third kappa shape index (κ3) is 3.26. The van der Waals surface area contributed by atoms with E-state index < -0.39 is 11.9 Å². The lowest BCUT2D eigenvalue weighted by Crippen LogP contribution is -2.15. The summed E-state index contributed by atoms with van der Waals surface area (Å²) in [5, 5.41) is 9.88. The second-order valence-corrected chi connectivity index (χ2v) is 4.46. The van der Waals surface area contributed by atoms with Crippen molar-refractivity contribution in [1.29, 1.82) is 0 Å². The SMILES string of the molecule is COCC(C)C(O)c1cc(Br)ccc1F. The maximum absolute atomic E-state index is 13.4. The van der Waals surface area contributed by atoms with Gasteiger partial charge in [0.05, 0.1) is 12.7 Å². The highest BCUT2D eigenvalue weighted by Gasteiger charge is 2.19. The van der Waals surface area contributed by atoms with Crippen LogP contribution < -0.4 is 0 Å². The minimum atomic E-state index is -0.845. The maximum Gasteiger partial charge on any atom is 0.129 e. The van der Waals surface area contributed by atoms with Gasteiger partial charge in [-0.15, -0.1) is 0 Å². The number of halogens is 2. The zero-order valence-electron chi connectivity index (χ0n) is 8.71. The molecule has 0 amide bonds. The Hall–Kier alpha value is -0.450. The Bertz CT molecular complexity index is 330. The summed E-state index contributed by atoms with van der Waals surface area (Å²) >= 11 is 3.24. The number of benzene rings is 1. The molecule has 0 aromatic heterocycles. The van der Waals surface area contributed by atoms with Gasteiger partial charge in [-0.2, -0.15) is 0 Å². The highest BCUT2D eigenvalue weighted by molar-refractivity contribution is 9.10. The van der Waals surface area contributed by atoms with Crippen LogP contribution in [0, 0.1) is 11.7 Å².